The van der Waals surface area contributed by atoms with Crippen molar-refractivity contribution in [2.75, 3.05) is 6.61 Å². The number of thiocarbonyl (C=S) groups is 1. The molecule has 1 aliphatic heterocycles. The van der Waals surface area contributed by atoms with Crippen LogP contribution >= 0.6 is 39.9 Å². The minimum absolute atomic E-state index is 0.0619. The van der Waals surface area contributed by atoms with Gasteiger partial charge in [0, 0.05) is 0 Å². The van der Waals surface area contributed by atoms with E-state index < -0.39 is 0 Å². The largest absolute Gasteiger partial charge is 0.490 e. The van der Waals surface area contributed by atoms with E-state index in [0.717, 1.165) is 30.4 Å². The number of amides is 2. The number of ether oxygens (including phenoxy) is 2. The zero-order valence-corrected chi connectivity index (χ0v) is 25.3. The lowest BCUT2D eigenvalue weighted by Gasteiger charge is -2.55. The van der Waals surface area contributed by atoms with Gasteiger partial charge in [0.05, 0.1) is 21.4 Å². The van der Waals surface area contributed by atoms with Gasteiger partial charge in [-0.05, 0) is 133 Å². The summed E-state index contributed by atoms with van der Waals surface area (Å²) in [6, 6.07) is 9.76. The summed E-state index contributed by atoms with van der Waals surface area (Å²) in [5.74, 6) is 2.21. The minimum Gasteiger partial charge on any atom is -0.490 e. The smallest absolute Gasteiger partial charge is 0.285 e. The number of halogens is 2. The van der Waals surface area contributed by atoms with Crippen LogP contribution in [0.3, 0.4) is 0 Å². The lowest BCUT2D eigenvalue weighted by molar-refractivity contribution is -0.152. The fourth-order valence-corrected chi connectivity index (χ4v) is 8.89. The molecule has 10 heteroatoms. The quantitative estimate of drug-likeness (QED) is 0.246. The van der Waals surface area contributed by atoms with Crippen LogP contribution in [-0.2, 0) is 16.2 Å². The van der Waals surface area contributed by atoms with Crippen LogP contribution < -0.4 is 14.9 Å². The molecule has 2 amide bonds. The van der Waals surface area contributed by atoms with E-state index in [1.54, 1.807) is 24.3 Å². The molecule has 0 radical (unpaired) electrons. The van der Waals surface area contributed by atoms with Crippen LogP contribution in [0.15, 0.2) is 45.8 Å². The van der Waals surface area contributed by atoms with Crippen LogP contribution in [-0.4, -0.2) is 27.8 Å². The molecule has 6 nitrogen and oxygen atoms in total. The summed E-state index contributed by atoms with van der Waals surface area (Å²) in [5.41, 5.74) is 4.07. The van der Waals surface area contributed by atoms with Gasteiger partial charge in [0.15, 0.2) is 15.8 Å². The van der Waals surface area contributed by atoms with Crippen molar-refractivity contribution in [2.45, 2.75) is 52.1 Å². The van der Waals surface area contributed by atoms with Gasteiger partial charge >= 0.3 is 0 Å². The number of rotatable bonds is 8. The first-order chi connectivity index (χ1) is 19.2. The van der Waals surface area contributed by atoms with E-state index >= 15 is 0 Å². The third-order valence-electron chi connectivity index (χ3n) is 8.45. The fraction of sp³-hybridized carbons (Fsp3) is 0.433. The van der Waals surface area contributed by atoms with Crippen LogP contribution in [0.25, 0.3) is 6.08 Å². The molecule has 4 saturated carbocycles. The van der Waals surface area contributed by atoms with Crippen molar-refractivity contribution in [1.82, 2.24) is 10.4 Å². The summed E-state index contributed by atoms with van der Waals surface area (Å²) < 4.78 is 26.1. The first-order valence-electron chi connectivity index (χ1n) is 13.7. The molecule has 1 heterocycles. The van der Waals surface area contributed by atoms with Crippen molar-refractivity contribution in [2.24, 2.45) is 23.2 Å². The third kappa shape index (κ3) is 5.42. The maximum Gasteiger partial charge on any atom is 0.285 e. The van der Waals surface area contributed by atoms with Gasteiger partial charge < -0.3 is 9.47 Å². The van der Waals surface area contributed by atoms with E-state index in [2.05, 4.69) is 21.4 Å². The molecule has 5 fully saturated rings. The second kappa shape index (κ2) is 11.1. The topological polar surface area (TPSA) is 67.9 Å². The zero-order chi connectivity index (χ0) is 28.0. The van der Waals surface area contributed by atoms with Gasteiger partial charge in [0.25, 0.3) is 5.91 Å². The van der Waals surface area contributed by atoms with E-state index in [9.17, 15) is 14.0 Å². The van der Waals surface area contributed by atoms with E-state index in [1.165, 1.54) is 48.2 Å². The van der Waals surface area contributed by atoms with E-state index in [0.29, 0.717) is 49.6 Å². The van der Waals surface area contributed by atoms with Gasteiger partial charge in [-0.25, -0.2) is 4.39 Å². The number of hydrogen-bond acceptors (Lipinski definition) is 6. The van der Waals surface area contributed by atoms with Gasteiger partial charge in [0.1, 0.15) is 12.4 Å². The van der Waals surface area contributed by atoms with Crippen LogP contribution in [0.1, 0.15) is 56.6 Å². The predicted molar refractivity (Wildman–Crippen MR) is 160 cm³/mol. The Morgan fingerprint density at radius 2 is 1.80 bits per heavy atom. The molecule has 0 aromatic heterocycles. The molecular weight excluding hydrogens is 615 g/mol. The normalized spacial score (nSPS) is 27.9. The third-order valence-corrected chi connectivity index (χ3v) is 10.3. The Labute approximate surface area is 251 Å². The monoisotopic (exact) mass is 644 g/mol. The average Bonchev–Trinajstić information content (AvgIpc) is 3.16. The Bertz CT molecular complexity index is 1360. The summed E-state index contributed by atoms with van der Waals surface area (Å²) in [7, 11) is 0. The Morgan fingerprint density at radius 1 is 1.15 bits per heavy atom. The number of nitrogens with zero attached hydrogens (tertiary/aromatic N) is 1. The van der Waals surface area contributed by atoms with Gasteiger partial charge in [0.2, 0.25) is 5.91 Å². The lowest BCUT2D eigenvalue weighted by atomic mass is 9.49. The Kier molecular flexibility index (Phi) is 7.69. The summed E-state index contributed by atoms with van der Waals surface area (Å²) >= 11 is 10.3. The molecule has 1 saturated heterocycles. The maximum absolute atomic E-state index is 13.5. The number of carbonyl (C=O) groups is 2. The second-order valence-corrected chi connectivity index (χ2v) is 13.9. The summed E-state index contributed by atoms with van der Waals surface area (Å²) in [4.78, 5) is 27.3. The SMILES string of the molecule is CCOc1cc(/C=C2\SC(=S)N(NC(=O)C34CC5CC(CC(C5)C3)C4)C2=O)cc(Br)c1OCc1ccc(F)cc1. The molecule has 2 aromatic carbocycles. The van der Waals surface area contributed by atoms with Crippen molar-refractivity contribution >= 4 is 62.1 Å². The highest BCUT2D eigenvalue weighted by atomic mass is 79.9. The molecule has 4 aliphatic carbocycles. The molecule has 40 heavy (non-hydrogen) atoms. The highest BCUT2D eigenvalue weighted by Crippen LogP contribution is 2.60. The molecule has 0 atom stereocenters. The first-order valence-corrected chi connectivity index (χ1v) is 15.7. The molecule has 2 aromatic rings. The van der Waals surface area contributed by atoms with Crippen LogP contribution in [0, 0.1) is 29.0 Å². The van der Waals surface area contributed by atoms with Crippen molar-refractivity contribution in [3.05, 3.63) is 62.7 Å². The van der Waals surface area contributed by atoms with Crippen molar-refractivity contribution in [1.29, 1.82) is 0 Å². The molecule has 7 rings (SSSR count). The molecular formula is C30H30BrFN2O4S2. The molecule has 1 N–H and O–H groups in total. The van der Waals surface area contributed by atoms with E-state index in [-0.39, 0.29) is 29.7 Å². The summed E-state index contributed by atoms with van der Waals surface area (Å²) in [6.07, 6.45) is 8.22. The highest BCUT2D eigenvalue weighted by Gasteiger charge is 2.55. The Balaban J connectivity index is 1.18. The van der Waals surface area contributed by atoms with Crippen LogP contribution in [0.5, 0.6) is 11.5 Å². The van der Waals surface area contributed by atoms with Gasteiger partial charge in [-0.2, -0.15) is 5.01 Å². The number of benzene rings is 2. The van der Waals surface area contributed by atoms with Crippen LogP contribution in [0.2, 0.25) is 0 Å². The Hall–Kier alpha value is -2.43. The number of thioether (sulfide) groups is 1. The van der Waals surface area contributed by atoms with Crippen molar-refractivity contribution in [3.63, 3.8) is 0 Å². The summed E-state index contributed by atoms with van der Waals surface area (Å²) in [6.45, 7) is 2.53. The molecule has 4 bridgehead atoms. The fourth-order valence-electron chi connectivity index (χ4n) is 7.13. The second-order valence-electron chi connectivity index (χ2n) is 11.3. The molecule has 210 valence electrons. The summed E-state index contributed by atoms with van der Waals surface area (Å²) in [5, 5.41) is 1.24. The maximum atomic E-state index is 13.5. The number of carbonyl (C=O) groups excluding carboxylic acids is 2. The minimum atomic E-state index is -0.372. The average molecular weight is 646 g/mol. The van der Waals surface area contributed by atoms with Crippen LogP contribution in [0.4, 0.5) is 4.39 Å². The zero-order valence-electron chi connectivity index (χ0n) is 22.1. The van der Waals surface area contributed by atoms with Crippen molar-refractivity contribution < 1.29 is 23.5 Å². The predicted octanol–water partition coefficient (Wildman–Crippen LogP) is 7.01. The molecule has 0 spiro atoms. The van der Waals surface area contributed by atoms with Crippen molar-refractivity contribution in [3.8, 4) is 11.5 Å². The number of nitrogens with one attached hydrogen (secondary N) is 1. The number of hydrazine groups is 1. The van der Waals surface area contributed by atoms with E-state index in [4.69, 9.17) is 21.7 Å². The standard InChI is InChI=1S/C30H30BrFN2O4S2/c1-2-37-24-11-18(10-23(31)26(24)38-16-17-3-5-22(32)6-4-17)12-25-27(35)34(29(39)40-25)33-28(36)30-13-19-7-20(14-30)9-21(8-19)15-30/h3-6,10-12,19-21H,2,7-9,13-16H2,1H3,(H,33,36)/b25-12-. The molecule has 5 aliphatic rings. The number of hydrogen-bond donors (Lipinski definition) is 1. The lowest BCUT2D eigenvalue weighted by Crippen LogP contribution is -2.57. The van der Waals surface area contributed by atoms with E-state index in [1.807, 2.05) is 13.0 Å². The first kappa shape index (κ1) is 27.7. The van der Waals surface area contributed by atoms with Gasteiger partial charge in [-0.15, -0.1) is 0 Å². The highest BCUT2D eigenvalue weighted by molar-refractivity contribution is 9.10. The Morgan fingerprint density at radius 3 is 2.42 bits per heavy atom. The van der Waals surface area contributed by atoms with Gasteiger partial charge in [-0.1, -0.05) is 23.9 Å². The van der Waals surface area contributed by atoms with Gasteiger partial charge in [-0.3, -0.25) is 15.0 Å². The molecule has 0 unspecified atom stereocenters.